The number of benzene rings is 3. The van der Waals surface area contributed by atoms with Crippen LogP contribution in [-0.2, 0) is 19.5 Å². The van der Waals surface area contributed by atoms with Gasteiger partial charge in [-0.05, 0) is 46.0 Å². The number of unbranched alkanes of at least 4 members (excludes halogenated alkanes) is 1. The first-order valence-corrected chi connectivity index (χ1v) is 13.3. The molecule has 0 unspecified atom stereocenters. The molecule has 0 aliphatic heterocycles. The summed E-state index contributed by atoms with van der Waals surface area (Å²) >= 11 is 0. The van der Waals surface area contributed by atoms with Crippen LogP contribution in [0.1, 0.15) is 36.7 Å². The third kappa shape index (κ3) is 5.01. The Kier molecular flexibility index (Phi) is 6.82. The quantitative estimate of drug-likeness (QED) is 0.275. The van der Waals surface area contributed by atoms with Crippen LogP contribution in [0.25, 0.3) is 33.5 Å². The zero-order valence-corrected chi connectivity index (χ0v) is 21.8. The highest BCUT2D eigenvalue weighted by Gasteiger charge is 2.17. The number of H-pyrrole nitrogens is 1. The molecule has 194 valence electrons. The summed E-state index contributed by atoms with van der Waals surface area (Å²) in [4.78, 5) is 18.8. The van der Waals surface area contributed by atoms with Crippen LogP contribution in [-0.4, -0.2) is 34.7 Å². The molecule has 0 atom stereocenters. The highest BCUT2D eigenvalue weighted by atomic mass is 16.1. The molecule has 0 aliphatic rings. The number of aromatic nitrogens is 7. The summed E-state index contributed by atoms with van der Waals surface area (Å²) in [6, 6.07) is 28.5. The summed E-state index contributed by atoms with van der Waals surface area (Å²) in [6.07, 6.45) is 4.74. The van der Waals surface area contributed by atoms with Crippen molar-refractivity contribution in [2.45, 2.75) is 39.3 Å². The van der Waals surface area contributed by atoms with E-state index in [0.29, 0.717) is 24.4 Å². The lowest BCUT2D eigenvalue weighted by Gasteiger charge is -2.14. The second kappa shape index (κ2) is 10.9. The van der Waals surface area contributed by atoms with Crippen molar-refractivity contribution in [1.29, 1.82) is 0 Å². The van der Waals surface area contributed by atoms with Gasteiger partial charge >= 0.3 is 0 Å². The molecule has 0 amide bonds. The monoisotopic (exact) mass is 515 g/mol. The van der Waals surface area contributed by atoms with E-state index in [1.54, 1.807) is 4.57 Å². The van der Waals surface area contributed by atoms with Gasteiger partial charge in [-0.3, -0.25) is 4.79 Å². The van der Waals surface area contributed by atoms with Crippen molar-refractivity contribution in [2.24, 2.45) is 0 Å². The Balaban J connectivity index is 1.44. The van der Waals surface area contributed by atoms with Crippen LogP contribution in [0.5, 0.6) is 0 Å². The second-order valence-corrected chi connectivity index (χ2v) is 9.66. The van der Waals surface area contributed by atoms with Crippen LogP contribution < -0.4 is 5.56 Å². The summed E-state index contributed by atoms with van der Waals surface area (Å²) in [7, 11) is 0. The number of rotatable bonds is 9. The summed E-state index contributed by atoms with van der Waals surface area (Å²) in [5.41, 5.74) is 6.59. The first-order valence-electron chi connectivity index (χ1n) is 13.3. The van der Waals surface area contributed by atoms with E-state index in [1.807, 2.05) is 66.9 Å². The number of hydrogen-bond acceptors (Lipinski definition) is 5. The fourth-order valence-corrected chi connectivity index (χ4v) is 5.05. The molecule has 39 heavy (non-hydrogen) atoms. The van der Waals surface area contributed by atoms with E-state index >= 15 is 0 Å². The van der Waals surface area contributed by atoms with Crippen LogP contribution in [0, 0.1) is 0 Å². The number of hydrogen-bond donors (Lipinski definition) is 1. The average molecular weight is 516 g/mol. The normalized spacial score (nSPS) is 11.3. The molecular formula is C31H29N7O. The van der Waals surface area contributed by atoms with Gasteiger partial charge in [0.1, 0.15) is 11.3 Å². The summed E-state index contributed by atoms with van der Waals surface area (Å²) in [5, 5.41) is 14.5. The number of pyridine rings is 1. The molecule has 0 radical (unpaired) electrons. The molecule has 0 saturated carbocycles. The highest BCUT2D eigenvalue weighted by Crippen LogP contribution is 2.29. The maximum Gasteiger partial charge on any atom is 0.277 e. The van der Waals surface area contributed by atoms with E-state index in [0.717, 1.165) is 58.4 Å². The van der Waals surface area contributed by atoms with Gasteiger partial charge in [-0.15, -0.1) is 10.2 Å². The lowest BCUT2D eigenvalue weighted by atomic mass is 9.97. The van der Waals surface area contributed by atoms with E-state index in [2.05, 4.69) is 56.4 Å². The summed E-state index contributed by atoms with van der Waals surface area (Å²) in [5.74, 6) is 1.49. The highest BCUT2D eigenvalue weighted by molar-refractivity contribution is 5.76. The first kappa shape index (κ1) is 24.5. The van der Waals surface area contributed by atoms with Crippen LogP contribution in [0.3, 0.4) is 0 Å². The molecule has 0 bridgehead atoms. The lowest BCUT2D eigenvalue weighted by Crippen LogP contribution is -2.22. The van der Waals surface area contributed by atoms with Crippen LogP contribution in [0.4, 0.5) is 0 Å². The molecule has 0 saturated heterocycles. The van der Waals surface area contributed by atoms with Crippen molar-refractivity contribution in [3.05, 3.63) is 118 Å². The molecule has 0 spiro atoms. The standard InChI is InChI=1S/C31H29N7O/c1-2-3-16-28-32-27-17-18-37(20-22-10-5-4-6-11-22)31(39)29(27)38(28)21-25-12-7-8-15-26(25)23-13-9-14-24(19-23)30-33-35-36-34-30/h4-15,17-19H,2-3,16,20-21H2,1H3,(H,33,34,35,36). The van der Waals surface area contributed by atoms with Gasteiger partial charge < -0.3 is 9.13 Å². The van der Waals surface area contributed by atoms with Gasteiger partial charge in [0.2, 0.25) is 5.82 Å². The van der Waals surface area contributed by atoms with E-state index in [1.165, 1.54) is 0 Å². The van der Waals surface area contributed by atoms with Gasteiger partial charge in [0.15, 0.2) is 0 Å². The topological polar surface area (TPSA) is 94.3 Å². The Morgan fingerprint density at radius 1 is 0.872 bits per heavy atom. The molecule has 6 rings (SSSR count). The van der Waals surface area contributed by atoms with Crippen molar-refractivity contribution >= 4 is 11.0 Å². The third-order valence-electron chi connectivity index (χ3n) is 7.02. The summed E-state index contributed by atoms with van der Waals surface area (Å²) in [6.45, 7) is 3.24. The minimum Gasteiger partial charge on any atom is -0.319 e. The average Bonchev–Trinajstić information content (AvgIpc) is 3.64. The smallest absolute Gasteiger partial charge is 0.277 e. The Morgan fingerprint density at radius 3 is 2.51 bits per heavy atom. The van der Waals surface area contributed by atoms with Gasteiger partial charge in [-0.2, -0.15) is 5.21 Å². The SMILES string of the molecule is CCCCc1nc2ccn(Cc3ccccc3)c(=O)c2n1Cc1ccccc1-c1cccc(-c2nn[nH]n2)c1. The zero-order valence-electron chi connectivity index (χ0n) is 21.8. The molecule has 3 heterocycles. The maximum atomic E-state index is 13.8. The molecule has 8 heteroatoms. The van der Waals surface area contributed by atoms with Crippen molar-refractivity contribution < 1.29 is 0 Å². The second-order valence-electron chi connectivity index (χ2n) is 9.66. The van der Waals surface area contributed by atoms with Crippen molar-refractivity contribution in [1.82, 2.24) is 34.7 Å². The first-order chi connectivity index (χ1) is 19.2. The fourth-order valence-electron chi connectivity index (χ4n) is 5.05. The fraction of sp³-hybridized carbons (Fsp3) is 0.194. The molecule has 8 nitrogen and oxygen atoms in total. The number of fused-ring (bicyclic) bond motifs is 1. The minimum atomic E-state index is -0.0248. The number of tetrazole rings is 1. The lowest BCUT2D eigenvalue weighted by molar-refractivity contribution is 0.684. The predicted molar refractivity (Wildman–Crippen MR) is 152 cm³/mol. The molecule has 3 aromatic carbocycles. The van der Waals surface area contributed by atoms with Crippen molar-refractivity contribution in [2.75, 3.05) is 0 Å². The summed E-state index contributed by atoms with van der Waals surface area (Å²) < 4.78 is 3.90. The Bertz CT molecular complexity index is 1770. The van der Waals surface area contributed by atoms with E-state index in [9.17, 15) is 4.79 Å². The minimum absolute atomic E-state index is 0.0248. The van der Waals surface area contributed by atoms with Gasteiger partial charge in [0.25, 0.3) is 5.56 Å². The molecule has 6 aromatic rings. The third-order valence-corrected chi connectivity index (χ3v) is 7.02. The van der Waals surface area contributed by atoms with Gasteiger partial charge in [-0.1, -0.05) is 86.1 Å². The number of nitrogens with zero attached hydrogens (tertiary/aromatic N) is 6. The molecule has 0 fully saturated rings. The van der Waals surface area contributed by atoms with E-state index in [-0.39, 0.29) is 5.56 Å². The largest absolute Gasteiger partial charge is 0.319 e. The Labute approximate surface area is 226 Å². The van der Waals surface area contributed by atoms with Crippen LogP contribution >= 0.6 is 0 Å². The van der Waals surface area contributed by atoms with Crippen molar-refractivity contribution in [3.63, 3.8) is 0 Å². The molecule has 1 N–H and O–H groups in total. The maximum absolute atomic E-state index is 13.8. The molecule has 3 aromatic heterocycles. The predicted octanol–water partition coefficient (Wildman–Crippen LogP) is 5.48. The van der Waals surface area contributed by atoms with Gasteiger partial charge in [-0.25, -0.2) is 4.98 Å². The van der Waals surface area contributed by atoms with Gasteiger partial charge in [0, 0.05) is 18.2 Å². The molecular weight excluding hydrogens is 486 g/mol. The zero-order chi connectivity index (χ0) is 26.6. The Morgan fingerprint density at radius 2 is 1.69 bits per heavy atom. The van der Waals surface area contributed by atoms with Crippen molar-refractivity contribution in [3.8, 4) is 22.5 Å². The van der Waals surface area contributed by atoms with Crippen LogP contribution in [0.2, 0.25) is 0 Å². The number of nitrogens with one attached hydrogen (secondary N) is 1. The van der Waals surface area contributed by atoms with Crippen LogP contribution in [0.15, 0.2) is 95.9 Å². The van der Waals surface area contributed by atoms with Gasteiger partial charge in [0.05, 0.1) is 18.6 Å². The molecule has 0 aliphatic carbocycles. The number of imidazole rings is 1. The van der Waals surface area contributed by atoms with E-state index < -0.39 is 0 Å². The Hall–Kier alpha value is -4.85. The number of aromatic amines is 1. The number of aryl methyl sites for hydroxylation is 1. The van der Waals surface area contributed by atoms with E-state index in [4.69, 9.17) is 4.98 Å².